The first-order chi connectivity index (χ1) is 11.2. The van der Waals surface area contributed by atoms with Crippen molar-refractivity contribution in [3.63, 3.8) is 0 Å². The standard InChI is InChI=1S/C17H16F3IO3S/c1-16(2,3)11-6-4-10(5-7-11)14-12(17(18,19)20)8-9-13(15(14)21)25(22,23)24/h4-9H,1-3H3,(H,22,23,24). The van der Waals surface area contributed by atoms with Gasteiger partial charge in [0.1, 0.15) is 4.90 Å². The molecule has 0 saturated carbocycles. The van der Waals surface area contributed by atoms with Crippen LogP contribution < -0.4 is 0 Å². The van der Waals surface area contributed by atoms with Crippen LogP contribution in [0.15, 0.2) is 41.3 Å². The third kappa shape index (κ3) is 4.35. The molecule has 0 bridgehead atoms. The van der Waals surface area contributed by atoms with Gasteiger partial charge < -0.3 is 0 Å². The van der Waals surface area contributed by atoms with Gasteiger partial charge in [-0.1, -0.05) is 45.0 Å². The molecule has 8 heteroatoms. The maximum absolute atomic E-state index is 13.4. The van der Waals surface area contributed by atoms with Gasteiger partial charge >= 0.3 is 6.18 Å². The molecule has 0 fully saturated rings. The summed E-state index contributed by atoms with van der Waals surface area (Å²) in [6, 6.07) is 7.94. The van der Waals surface area contributed by atoms with Gasteiger partial charge in [-0.3, -0.25) is 4.55 Å². The lowest BCUT2D eigenvalue weighted by Gasteiger charge is -2.20. The van der Waals surface area contributed by atoms with E-state index in [2.05, 4.69) is 0 Å². The van der Waals surface area contributed by atoms with E-state index in [1.807, 2.05) is 20.8 Å². The van der Waals surface area contributed by atoms with Crippen molar-refractivity contribution >= 4 is 32.7 Å². The molecule has 0 amide bonds. The van der Waals surface area contributed by atoms with Gasteiger partial charge in [0, 0.05) is 9.13 Å². The van der Waals surface area contributed by atoms with Crippen molar-refractivity contribution in [3.05, 3.63) is 51.1 Å². The largest absolute Gasteiger partial charge is 0.417 e. The quantitative estimate of drug-likeness (QED) is 0.451. The Bertz CT molecular complexity index is 896. The van der Waals surface area contributed by atoms with Crippen molar-refractivity contribution in [2.45, 2.75) is 37.3 Å². The van der Waals surface area contributed by atoms with Crippen LogP contribution in [-0.2, 0) is 21.7 Å². The molecule has 0 saturated heterocycles. The van der Waals surface area contributed by atoms with Gasteiger partial charge in [0.15, 0.2) is 0 Å². The first-order valence-electron chi connectivity index (χ1n) is 7.21. The number of benzene rings is 2. The fourth-order valence-corrected chi connectivity index (χ4v) is 4.60. The van der Waals surface area contributed by atoms with Crippen LogP contribution in [0.5, 0.6) is 0 Å². The molecule has 0 atom stereocenters. The third-order valence-corrected chi connectivity index (χ3v) is 6.11. The molecule has 0 aromatic heterocycles. The minimum Gasteiger partial charge on any atom is -0.282 e. The van der Waals surface area contributed by atoms with Crippen molar-refractivity contribution in [2.24, 2.45) is 0 Å². The maximum atomic E-state index is 13.4. The highest BCUT2D eigenvalue weighted by molar-refractivity contribution is 14.1. The molecule has 3 nitrogen and oxygen atoms in total. The average molecular weight is 484 g/mol. The molecule has 0 aliphatic carbocycles. The SMILES string of the molecule is CC(C)(C)c1ccc(-c2c(C(F)(F)F)ccc(S(=O)(=O)O)c2I)cc1. The molecule has 0 unspecified atom stereocenters. The first-order valence-corrected chi connectivity index (χ1v) is 9.73. The summed E-state index contributed by atoms with van der Waals surface area (Å²) in [5, 5.41) is 0. The lowest BCUT2D eigenvalue weighted by molar-refractivity contribution is -0.137. The number of hydrogen-bond acceptors (Lipinski definition) is 2. The maximum Gasteiger partial charge on any atom is 0.417 e. The Morgan fingerprint density at radius 2 is 1.48 bits per heavy atom. The number of hydrogen-bond donors (Lipinski definition) is 1. The van der Waals surface area contributed by atoms with Crippen LogP contribution in [-0.4, -0.2) is 13.0 Å². The Morgan fingerprint density at radius 1 is 0.960 bits per heavy atom. The van der Waals surface area contributed by atoms with Crippen LogP contribution >= 0.6 is 22.6 Å². The zero-order chi connectivity index (χ0) is 19.2. The van der Waals surface area contributed by atoms with E-state index in [0.29, 0.717) is 6.07 Å². The predicted molar refractivity (Wildman–Crippen MR) is 98.1 cm³/mol. The van der Waals surface area contributed by atoms with Gasteiger partial charge in [0.25, 0.3) is 10.1 Å². The molecule has 0 aliphatic heterocycles. The van der Waals surface area contributed by atoms with Gasteiger partial charge in [-0.2, -0.15) is 21.6 Å². The first kappa shape index (κ1) is 20.2. The summed E-state index contributed by atoms with van der Waals surface area (Å²) >= 11 is 1.52. The van der Waals surface area contributed by atoms with E-state index in [-0.39, 0.29) is 20.1 Å². The molecule has 2 rings (SSSR count). The molecular weight excluding hydrogens is 468 g/mol. The molecule has 136 valence electrons. The van der Waals surface area contributed by atoms with Crippen molar-refractivity contribution in [2.75, 3.05) is 0 Å². The molecule has 1 N–H and O–H groups in total. The summed E-state index contributed by atoms with van der Waals surface area (Å²) in [5.74, 6) is 0. The number of rotatable bonds is 2. The lowest BCUT2D eigenvalue weighted by Crippen LogP contribution is -2.12. The molecule has 0 aliphatic rings. The number of alkyl halides is 3. The summed E-state index contributed by atoms with van der Waals surface area (Å²) < 4.78 is 72.2. The Kier molecular flexibility index (Phi) is 5.29. The molecule has 0 spiro atoms. The summed E-state index contributed by atoms with van der Waals surface area (Å²) in [6.07, 6.45) is -4.66. The van der Waals surface area contributed by atoms with E-state index in [1.54, 1.807) is 12.1 Å². The smallest absolute Gasteiger partial charge is 0.282 e. The van der Waals surface area contributed by atoms with Crippen LogP contribution in [0.25, 0.3) is 11.1 Å². The van der Waals surface area contributed by atoms with Crippen LogP contribution in [0.4, 0.5) is 13.2 Å². The highest BCUT2D eigenvalue weighted by Gasteiger charge is 2.36. The Hall–Kier alpha value is -1.13. The van der Waals surface area contributed by atoms with Gasteiger partial charge in [-0.25, -0.2) is 0 Å². The number of halogens is 4. The normalized spacial score (nSPS) is 13.1. The van der Waals surface area contributed by atoms with Crippen LogP contribution in [0, 0.1) is 3.57 Å². The second kappa shape index (κ2) is 6.55. The van der Waals surface area contributed by atoms with E-state index in [9.17, 15) is 26.1 Å². The van der Waals surface area contributed by atoms with Crippen molar-refractivity contribution in [1.29, 1.82) is 0 Å². The van der Waals surface area contributed by atoms with E-state index < -0.39 is 26.8 Å². The lowest BCUT2D eigenvalue weighted by atomic mass is 9.86. The van der Waals surface area contributed by atoms with Crippen molar-refractivity contribution < 1.29 is 26.1 Å². The fraction of sp³-hybridized carbons (Fsp3) is 0.294. The summed E-state index contributed by atoms with van der Waals surface area (Å²) in [7, 11) is -4.63. The monoisotopic (exact) mass is 484 g/mol. The Balaban J connectivity index is 2.78. The zero-order valence-corrected chi connectivity index (χ0v) is 16.6. The second-order valence-corrected chi connectivity index (χ2v) is 9.07. The highest BCUT2D eigenvalue weighted by atomic mass is 127. The highest BCUT2D eigenvalue weighted by Crippen LogP contribution is 2.42. The van der Waals surface area contributed by atoms with Crippen LogP contribution in [0.2, 0.25) is 0 Å². The molecule has 0 heterocycles. The predicted octanol–water partition coefficient (Wildman–Crippen LogP) is 5.52. The van der Waals surface area contributed by atoms with Gasteiger partial charge in [-0.05, 0) is 51.3 Å². The van der Waals surface area contributed by atoms with Gasteiger partial charge in [0.05, 0.1) is 5.56 Å². The Labute approximate surface area is 158 Å². The van der Waals surface area contributed by atoms with E-state index in [1.165, 1.54) is 34.7 Å². The zero-order valence-electron chi connectivity index (χ0n) is 13.6. The summed E-state index contributed by atoms with van der Waals surface area (Å²) in [5.41, 5.74) is -0.216. The minimum atomic E-state index is -4.66. The topological polar surface area (TPSA) is 54.4 Å². The average Bonchev–Trinajstić information content (AvgIpc) is 2.43. The molecule has 25 heavy (non-hydrogen) atoms. The third-order valence-electron chi connectivity index (χ3n) is 3.73. The van der Waals surface area contributed by atoms with E-state index in [4.69, 9.17) is 0 Å². The second-order valence-electron chi connectivity index (χ2n) is 6.60. The summed E-state index contributed by atoms with van der Waals surface area (Å²) in [4.78, 5) is -0.545. The molecule has 2 aromatic rings. The van der Waals surface area contributed by atoms with E-state index in [0.717, 1.165) is 11.6 Å². The molecular formula is C17H16F3IO3S. The fourth-order valence-electron chi connectivity index (χ4n) is 2.41. The van der Waals surface area contributed by atoms with E-state index >= 15 is 0 Å². The van der Waals surface area contributed by atoms with Gasteiger partial charge in [-0.15, -0.1) is 0 Å². The molecule has 2 aromatic carbocycles. The van der Waals surface area contributed by atoms with Crippen molar-refractivity contribution in [3.8, 4) is 11.1 Å². The minimum absolute atomic E-state index is 0.168. The van der Waals surface area contributed by atoms with Crippen molar-refractivity contribution in [1.82, 2.24) is 0 Å². The van der Waals surface area contributed by atoms with Crippen LogP contribution in [0.3, 0.4) is 0 Å². The Morgan fingerprint density at radius 3 is 1.88 bits per heavy atom. The molecule has 0 radical (unpaired) electrons. The van der Waals surface area contributed by atoms with Crippen LogP contribution in [0.1, 0.15) is 31.9 Å². The summed E-state index contributed by atoms with van der Waals surface area (Å²) in [6.45, 7) is 5.93. The van der Waals surface area contributed by atoms with Gasteiger partial charge in [0.2, 0.25) is 0 Å².